The Morgan fingerprint density at radius 2 is 2.25 bits per heavy atom. The molecule has 1 heterocycles. The molecule has 0 spiro atoms. The van der Waals surface area contributed by atoms with E-state index in [1.807, 2.05) is 6.92 Å². The molecule has 0 unspecified atom stereocenters. The van der Waals surface area contributed by atoms with Gasteiger partial charge in [-0.05, 0) is 18.9 Å². The van der Waals surface area contributed by atoms with Crippen molar-refractivity contribution in [2.24, 2.45) is 5.92 Å². The maximum Gasteiger partial charge on any atom is 0.244 e. The fraction of sp³-hybridized carbons (Fsp3) is 0.571. The lowest BCUT2D eigenvalue weighted by molar-refractivity contribution is -0.116. The summed E-state index contributed by atoms with van der Waals surface area (Å²) >= 11 is 6.28. The van der Waals surface area contributed by atoms with Crippen LogP contribution in [0.15, 0.2) is 6.08 Å². The number of aromatic nitrogens is 2. The molecule has 0 aliphatic heterocycles. The summed E-state index contributed by atoms with van der Waals surface area (Å²) in [7, 11) is 1.59. The number of amides is 1. The summed E-state index contributed by atoms with van der Waals surface area (Å²) in [5, 5.41) is 7.66. The highest BCUT2D eigenvalue weighted by Gasteiger charge is 2.12. The van der Waals surface area contributed by atoms with Crippen molar-refractivity contribution < 1.29 is 9.53 Å². The van der Waals surface area contributed by atoms with Crippen molar-refractivity contribution in [1.29, 1.82) is 0 Å². The fourth-order valence-corrected chi connectivity index (χ4v) is 2.02. The number of carbonyl (C=O) groups is 1. The Hall–Kier alpha value is -1.33. The summed E-state index contributed by atoms with van der Waals surface area (Å²) in [4.78, 5) is 11.6. The Morgan fingerprint density at radius 3 is 2.85 bits per heavy atom. The van der Waals surface area contributed by atoms with E-state index in [9.17, 15) is 4.79 Å². The van der Waals surface area contributed by atoms with Gasteiger partial charge in [-0.3, -0.25) is 9.48 Å². The molecule has 1 N–H and O–H groups in total. The number of ether oxygens (including phenoxy) is 1. The summed E-state index contributed by atoms with van der Waals surface area (Å²) in [6.07, 6.45) is 3.16. The number of nitrogens with one attached hydrogen (secondary N) is 1. The summed E-state index contributed by atoms with van der Waals surface area (Å²) in [5.41, 5.74) is 1.60. The van der Waals surface area contributed by atoms with Crippen LogP contribution in [0.1, 0.15) is 25.1 Å². The molecular formula is C14H22ClN3O2. The maximum atomic E-state index is 11.6. The van der Waals surface area contributed by atoms with E-state index in [2.05, 4.69) is 24.3 Å². The van der Waals surface area contributed by atoms with Gasteiger partial charge in [-0.25, -0.2) is 0 Å². The Balaban J connectivity index is 2.72. The van der Waals surface area contributed by atoms with Gasteiger partial charge in [0, 0.05) is 31.8 Å². The lowest BCUT2D eigenvalue weighted by Crippen LogP contribution is -2.24. The zero-order chi connectivity index (χ0) is 15.1. The first-order valence-corrected chi connectivity index (χ1v) is 7.01. The van der Waals surface area contributed by atoms with E-state index in [0.29, 0.717) is 24.2 Å². The topological polar surface area (TPSA) is 56.1 Å². The first-order chi connectivity index (χ1) is 9.45. The molecule has 0 saturated heterocycles. The van der Waals surface area contributed by atoms with Gasteiger partial charge in [0.05, 0.1) is 12.3 Å². The molecule has 20 heavy (non-hydrogen) atoms. The summed E-state index contributed by atoms with van der Waals surface area (Å²) in [6.45, 7) is 7.82. The second-order valence-corrected chi connectivity index (χ2v) is 5.34. The number of hydrogen-bond acceptors (Lipinski definition) is 3. The first kappa shape index (κ1) is 16.7. The Labute approximate surface area is 124 Å². The van der Waals surface area contributed by atoms with E-state index in [1.54, 1.807) is 17.9 Å². The van der Waals surface area contributed by atoms with Crippen LogP contribution < -0.4 is 5.32 Å². The third-order valence-electron chi connectivity index (χ3n) is 2.65. The van der Waals surface area contributed by atoms with Gasteiger partial charge in [-0.15, -0.1) is 0 Å². The third kappa shape index (κ3) is 4.98. The lowest BCUT2D eigenvalue weighted by atomic mass is 10.2. The molecule has 0 aliphatic rings. The number of nitrogens with zero attached hydrogens (tertiary/aromatic N) is 2. The number of aryl methyl sites for hydroxylation is 1. The molecule has 0 atom stereocenters. The van der Waals surface area contributed by atoms with Crippen molar-refractivity contribution in [3.8, 4) is 0 Å². The van der Waals surface area contributed by atoms with E-state index >= 15 is 0 Å². The van der Waals surface area contributed by atoms with Crippen molar-refractivity contribution in [1.82, 2.24) is 15.1 Å². The largest absolute Gasteiger partial charge is 0.383 e. The SMILES string of the molecule is COCCNC(=O)/C=C/c1c(C)nn(CC(C)C)c1Cl. The van der Waals surface area contributed by atoms with Crippen LogP contribution in [0.5, 0.6) is 0 Å². The average Bonchev–Trinajstić information content (AvgIpc) is 2.62. The molecule has 1 aromatic heterocycles. The predicted molar refractivity (Wildman–Crippen MR) is 80.7 cm³/mol. The molecule has 0 fully saturated rings. The minimum absolute atomic E-state index is 0.172. The molecule has 0 aliphatic carbocycles. The van der Waals surface area contributed by atoms with Crippen molar-refractivity contribution >= 4 is 23.6 Å². The van der Waals surface area contributed by atoms with Crippen LogP contribution in [-0.4, -0.2) is 35.9 Å². The molecule has 112 valence electrons. The van der Waals surface area contributed by atoms with Gasteiger partial charge in [0.1, 0.15) is 5.15 Å². The van der Waals surface area contributed by atoms with Crippen molar-refractivity contribution in [3.05, 3.63) is 22.5 Å². The maximum absolute atomic E-state index is 11.6. The summed E-state index contributed by atoms with van der Waals surface area (Å²) in [6, 6.07) is 0. The Bertz CT molecular complexity index is 481. The van der Waals surface area contributed by atoms with Gasteiger partial charge in [0.15, 0.2) is 0 Å². The molecule has 0 bridgehead atoms. The number of halogens is 1. The molecular weight excluding hydrogens is 278 g/mol. The third-order valence-corrected chi connectivity index (χ3v) is 3.05. The Kier molecular flexibility index (Phi) is 6.75. The van der Waals surface area contributed by atoms with E-state index < -0.39 is 0 Å². The molecule has 6 heteroatoms. The highest BCUT2D eigenvalue weighted by molar-refractivity contribution is 6.31. The summed E-state index contributed by atoms with van der Waals surface area (Å²) in [5.74, 6) is 0.287. The number of rotatable bonds is 7. The van der Waals surface area contributed by atoms with Gasteiger partial charge >= 0.3 is 0 Å². The smallest absolute Gasteiger partial charge is 0.244 e. The number of hydrogen-bond donors (Lipinski definition) is 1. The second-order valence-electron chi connectivity index (χ2n) is 4.98. The standard InChI is InChI=1S/C14H22ClN3O2/c1-10(2)9-18-14(15)12(11(3)17-18)5-6-13(19)16-7-8-20-4/h5-6,10H,7-9H2,1-4H3,(H,16,19)/b6-5+. The molecule has 5 nitrogen and oxygen atoms in total. The van der Waals surface area contributed by atoms with Crippen molar-refractivity contribution in [2.75, 3.05) is 20.3 Å². The van der Waals surface area contributed by atoms with Crippen LogP contribution in [-0.2, 0) is 16.1 Å². The first-order valence-electron chi connectivity index (χ1n) is 6.63. The molecule has 1 amide bonds. The van der Waals surface area contributed by atoms with E-state index in [1.165, 1.54) is 6.08 Å². The van der Waals surface area contributed by atoms with Gasteiger partial charge < -0.3 is 10.1 Å². The van der Waals surface area contributed by atoms with Gasteiger partial charge in [0.2, 0.25) is 5.91 Å². The quantitative estimate of drug-likeness (QED) is 0.621. The highest BCUT2D eigenvalue weighted by Crippen LogP contribution is 2.22. The monoisotopic (exact) mass is 299 g/mol. The molecule has 0 saturated carbocycles. The zero-order valence-corrected chi connectivity index (χ0v) is 13.2. The minimum Gasteiger partial charge on any atom is -0.383 e. The Morgan fingerprint density at radius 1 is 1.55 bits per heavy atom. The van der Waals surface area contributed by atoms with E-state index in [4.69, 9.17) is 16.3 Å². The van der Waals surface area contributed by atoms with Crippen LogP contribution in [0.2, 0.25) is 5.15 Å². The van der Waals surface area contributed by atoms with Crippen LogP contribution in [0.4, 0.5) is 0 Å². The average molecular weight is 300 g/mol. The molecule has 1 aromatic rings. The highest BCUT2D eigenvalue weighted by atomic mass is 35.5. The van der Waals surface area contributed by atoms with Crippen LogP contribution >= 0.6 is 11.6 Å². The predicted octanol–water partition coefficient (Wildman–Crippen LogP) is 2.28. The van der Waals surface area contributed by atoms with E-state index in [-0.39, 0.29) is 5.91 Å². The van der Waals surface area contributed by atoms with Crippen molar-refractivity contribution in [3.63, 3.8) is 0 Å². The van der Waals surface area contributed by atoms with Gasteiger partial charge in [0.25, 0.3) is 0 Å². The van der Waals surface area contributed by atoms with Crippen LogP contribution in [0, 0.1) is 12.8 Å². The van der Waals surface area contributed by atoms with Crippen molar-refractivity contribution in [2.45, 2.75) is 27.3 Å². The minimum atomic E-state index is -0.172. The van der Waals surface area contributed by atoms with Crippen LogP contribution in [0.3, 0.4) is 0 Å². The number of carbonyl (C=O) groups excluding carboxylic acids is 1. The fourth-order valence-electron chi connectivity index (χ4n) is 1.72. The van der Waals surface area contributed by atoms with E-state index in [0.717, 1.165) is 17.8 Å². The lowest BCUT2D eigenvalue weighted by Gasteiger charge is -2.05. The second kappa shape index (κ2) is 8.07. The van der Waals surface area contributed by atoms with Crippen LogP contribution in [0.25, 0.3) is 6.08 Å². The normalized spacial score (nSPS) is 11.5. The van der Waals surface area contributed by atoms with Gasteiger partial charge in [-0.1, -0.05) is 25.4 Å². The molecule has 0 aromatic carbocycles. The molecule has 0 radical (unpaired) electrons. The number of methoxy groups -OCH3 is 1. The molecule has 1 rings (SSSR count). The zero-order valence-electron chi connectivity index (χ0n) is 12.4. The summed E-state index contributed by atoms with van der Waals surface area (Å²) < 4.78 is 6.63. The van der Waals surface area contributed by atoms with Gasteiger partial charge in [-0.2, -0.15) is 5.10 Å².